The largest absolute Gasteiger partial charge is 0.454 e. The first-order valence-corrected chi connectivity index (χ1v) is 7.27. The van der Waals surface area contributed by atoms with Crippen LogP contribution in [0.15, 0.2) is 40.8 Å². The molecule has 1 aromatic heterocycles. The van der Waals surface area contributed by atoms with Crippen molar-refractivity contribution in [2.24, 2.45) is 0 Å². The van der Waals surface area contributed by atoms with Crippen molar-refractivity contribution < 1.29 is 14.0 Å². The zero-order chi connectivity index (χ0) is 16.1. The molecule has 1 atom stereocenters. The number of benzene rings is 1. The molecule has 0 aliphatic carbocycles. The number of carbonyl (C=O) groups is 2. The lowest BCUT2D eigenvalue weighted by atomic mass is 9.96. The Morgan fingerprint density at radius 2 is 1.86 bits per heavy atom. The fraction of sp³-hybridized carbons (Fsp3) is 0.294. The molecule has 0 radical (unpaired) electrons. The van der Waals surface area contributed by atoms with E-state index < -0.39 is 0 Å². The Kier molecular flexibility index (Phi) is 4.99. The standard InChI is InChI=1S/C17H20N2O3/c1-4-19-16(20)13-10-14(17(21)18-3)22-15(13)11(2)12-8-6-5-7-9-12/h5-11H,4H2,1-3H3,(H,18,21)(H,19,20)/t11-/m1/s1. The van der Waals surface area contributed by atoms with Gasteiger partial charge < -0.3 is 15.1 Å². The summed E-state index contributed by atoms with van der Waals surface area (Å²) in [6.45, 7) is 4.31. The SMILES string of the molecule is CCNC(=O)c1cc(C(=O)NC)oc1[C@H](C)c1ccccc1. The average Bonchev–Trinajstić information content (AvgIpc) is 2.99. The van der Waals surface area contributed by atoms with Gasteiger partial charge in [-0.05, 0) is 12.5 Å². The zero-order valence-electron chi connectivity index (χ0n) is 13.0. The summed E-state index contributed by atoms with van der Waals surface area (Å²) in [5.41, 5.74) is 1.42. The molecule has 1 heterocycles. The molecule has 22 heavy (non-hydrogen) atoms. The topological polar surface area (TPSA) is 71.3 Å². The molecule has 0 saturated heterocycles. The van der Waals surface area contributed by atoms with Crippen LogP contribution in [0.25, 0.3) is 0 Å². The first kappa shape index (κ1) is 15.8. The summed E-state index contributed by atoms with van der Waals surface area (Å²) in [4.78, 5) is 24.0. The minimum atomic E-state index is -0.350. The highest BCUT2D eigenvalue weighted by Gasteiger charge is 2.25. The molecule has 2 amide bonds. The zero-order valence-corrected chi connectivity index (χ0v) is 13.0. The van der Waals surface area contributed by atoms with Crippen LogP contribution in [0.2, 0.25) is 0 Å². The highest BCUT2D eigenvalue weighted by molar-refractivity contribution is 5.99. The van der Waals surface area contributed by atoms with Crippen molar-refractivity contribution in [1.82, 2.24) is 10.6 Å². The van der Waals surface area contributed by atoms with Gasteiger partial charge in [0.15, 0.2) is 5.76 Å². The summed E-state index contributed by atoms with van der Waals surface area (Å²) < 4.78 is 5.68. The number of carbonyl (C=O) groups excluding carboxylic acids is 2. The normalized spacial score (nSPS) is 11.8. The Morgan fingerprint density at radius 1 is 1.18 bits per heavy atom. The highest BCUT2D eigenvalue weighted by Crippen LogP contribution is 2.29. The third-order valence-corrected chi connectivity index (χ3v) is 3.49. The van der Waals surface area contributed by atoms with Crippen molar-refractivity contribution in [1.29, 1.82) is 0 Å². The van der Waals surface area contributed by atoms with Crippen molar-refractivity contribution >= 4 is 11.8 Å². The summed E-state index contributed by atoms with van der Waals surface area (Å²) in [6.07, 6.45) is 0. The van der Waals surface area contributed by atoms with Crippen LogP contribution in [0.3, 0.4) is 0 Å². The van der Waals surface area contributed by atoms with Gasteiger partial charge in [-0.3, -0.25) is 9.59 Å². The van der Waals surface area contributed by atoms with E-state index in [2.05, 4.69) is 10.6 Å². The second-order valence-corrected chi connectivity index (χ2v) is 4.96. The molecule has 0 unspecified atom stereocenters. The predicted octanol–water partition coefficient (Wildman–Crippen LogP) is 2.54. The molecular weight excluding hydrogens is 280 g/mol. The molecule has 5 heteroatoms. The monoisotopic (exact) mass is 300 g/mol. The first-order valence-electron chi connectivity index (χ1n) is 7.27. The summed E-state index contributed by atoms with van der Waals surface area (Å²) in [7, 11) is 1.52. The minimum absolute atomic E-state index is 0.128. The van der Waals surface area contributed by atoms with Crippen LogP contribution in [0.5, 0.6) is 0 Å². The van der Waals surface area contributed by atoms with Crippen LogP contribution in [0.1, 0.15) is 52.0 Å². The predicted molar refractivity (Wildman–Crippen MR) is 84.1 cm³/mol. The smallest absolute Gasteiger partial charge is 0.286 e. The first-order chi connectivity index (χ1) is 10.6. The Labute approximate surface area is 129 Å². The summed E-state index contributed by atoms with van der Waals surface area (Å²) in [5.74, 6) is -0.0780. The number of nitrogens with one attached hydrogen (secondary N) is 2. The molecule has 5 nitrogen and oxygen atoms in total. The van der Waals surface area contributed by atoms with Gasteiger partial charge in [0.2, 0.25) is 0 Å². The van der Waals surface area contributed by atoms with E-state index in [0.29, 0.717) is 17.9 Å². The maximum Gasteiger partial charge on any atom is 0.286 e. The minimum Gasteiger partial charge on any atom is -0.454 e. The van der Waals surface area contributed by atoms with Crippen LogP contribution in [-0.4, -0.2) is 25.4 Å². The highest BCUT2D eigenvalue weighted by atomic mass is 16.4. The summed E-state index contributed by atoms with van der Waals surface area (Å²) >= 11 is 0. The number of furan rings is 1. The van der Waals surface area contributed by atoms with Gasteiger partial charge in [0.05, 0.1) is 5.56 Å². The maximum absolute atomic E-state index is 12.2. The van der Waals surface area contributed by atoms with Crippen molar-refractivity contribution in [3.63, 3.8) is 0 Å². The number of hydrogen-bond donors (Lipinski definition) is 2. The van der Waals surface area contributed by atoms with Gasteiger partial charge in [-0.25, -0.2) is 0 Å². The van der Waals surface area contributed by atoms with Gasteiger partial charge in [0.1, 0.15) is 5.76 Å². The van der Waals surface area contributed by atoms with Gasteiger partial charge in [-0.15, -0.1) is 0 Å². The van der Waals surface area contributed by atoms with Gasteiger partial charge in [-0.1, -0.05) is 37.3 Å². The van der Waals surface area contributed by atoms with E-state index in [0.717, 1.165) is 5.56 Å². The molecule has 2 aromatic rings. The second-order valence-electron chi connectivity index (χ2n) is 4.96. The van der Waals surface area contributed by atoms with E-state index >= 15 is 0 Å². The summed E-state index contributed by atoms with van der Waals surface area (Å²) in [5, 5.41) is 5.26. The quantitative estimate of drug-likeness (QED) is 0.891. The van der Waals surface area contributed by atoms with Crippen LogP contribution in [-0.2, 0) is 0 Å². The fourth-order valence-electron chi connectivity index (χ4n) is 2.29. The molecule has 0 fully saturated rings. The van der Waals surface area contributed by atoms with Gasteiger partial charge in [0.25, 0.3) is 11.8 Å². The Balaban J connectivity index is 2.45. The van der Waals surface area contributed by atoms with E-state index in [1.54, 1.807) is 0 Å². The Morgan fingerprint density at radius 3 is 2.45 bits per heavy atom. The number of amides is 2. The van der Waals surface area contributed by atoms with Crippen LogP contribution in [0.4, 0.5) is 0 Å². The lowest BCUT2D eigenvalue weighted by Gasteiger charge is -2.11. The molecule has 1 aromatic carbocycles. The molecular formula is C17H20N2O3. The van der Waals surface area contributed by atoms with Gasteiger partial charge >= 0.3 is 0 Å². The molecule has 0 spiro atoms. The molecule has 0 aliphatic rings. The van der Waals surface area contributed by atoms with E-state index in [4.69, 9.17) is 4.42 Å². The lowest BCUT2D eigenvalue weighted by Crippen LogP contribution is -2.23. The van der Waals surface area contributed by atoms with Crippen molar-refractivity contribution in [2.75, 3.05) is 13.6 Å². The maximum atomic E-state index is 12.2. The lowest BCUT2D eigenvalue weighted by molar-refractivity contribution is 0.0929. The van der Waals surface area contributed by atoms with Gasteiger partial charge in [-0.2, -0.15) is 0 Å². The fourth-order valence-corrected chi connectivity index (χ4v) is 2.29. The average molecular weight is 300 g/mol. The molecule has 2 N–H and O–H groups in total. The number of rotatable bonds is 5. The second kappa shape index (κ2) is 6.93. The Bertz CT molecular complexity index is 662. The van der Waals surface area contributed by atoms with E-state index in [-0.39, 0.29) is 23.5 Å². The van der Waals surface area contributed by atoms with Crippen molar-refractivity contribution in [3.8, 4) is 0 Å². The molecule has 0 saturated carbocycles. The van der Waals surface area contributed by atoms with Crippen LogP contribution in [0, 0.1) is 0 Å². The molecule has 0 bridgehead atoms. The van der Waals surface area contributed by atoms with E-state index in [1.807, 2.05) is 44.2 Å². The third-order valence-electron chi connectivity index (χ3n) is 3.49. The molecule has 0 aliphatic heterocycles. The summed E-state index contributed by atoms with van der Waals surface area (Å²) in [6, 6.07) is 11.2. The Hall–Kier alpha value is -2.56. The van der Waals surface area contributed by atoms with Crippen molar-refractivity contribution in [2.45, 2.75) is 19.8 Å². The van der Waals surface area contributed by atoms with Gasteiger partial charge in [0, 0.05) is 25.6 Å². The van der Waals surface area contributed by atoms with Crippen LogP contribution < -0.4 is 10.6 Å². The number of hydrogen-bond acceptors (Lipinski definition) is 3. The van der Waals surface area contributed by atoms with Crippen molar-refractivity contribution in [3.05, 3.63) is 59.0 Å². The van der Waals surface area contributed by atoms with Crippen LogP contribution >= 0.6 is 0 Å². The molecule has 2 rings (SSSR count). The van der Waals surface area contributed by atoms with E-state index in [9.17, 15) is 9.59 Å². The molecule has 116 valence electrons. The third kappa shape index (κ3) is 3.19. The van der Waals surface area contributed by atoms with E-state index in [1.165, 1.54) is 13.1 Å².